The van der Waals surface area contributed by atoms with Crippen LogP contribution in [0.25, 0.3) is 5.78 Å². The van der Waals surface area contributed by atoms with Gasteiger partial charge in [-0.3, -0.25) is 9.20 Å². The molecule has 4 aromatic rings. The van der Waals surface area contributed by atoms with Gasteiger partial charge in [0.05, 0.1) is 5.69 Å². The van der Waals surface area contributed by atoms with Crippen LogP contribution in [0.1, 0.15) is 10.5 Å². The largest absolute Gasteiger partial charge is 0.437 e. The standard InChI is InChI=1S/C19H11F3N4O2/c20-11-2-5-13(6-3-11)28-18-16(26-9-1-8-23-19(26)25-18)17(27)24-15-7-4-12(21)10-14(15)22/h1-10H,(H,24,27). The maximum absolute atomic E-state index is 13.9. The van der Waals surface area contributed by atoms with Crippen molar-refractivity contribution in [2.45, 2.75) is 0 Å². The number of carbonyl (C=O) groups is 1. The molecule has 0 radical (unpaired) electrons. The molecule has 0 aliphatic heterocycles. The molecule has 0 saturated heterocycles. The molecule has 0 aliphatic carbocycles. The van der Waals surface area contributed by atoms with Crippen LogP contribution in [0.5, 0.6) is 11.6 Å². The van der Waals surface area contributed by atoms with Crippen molar-refractivity contribution in [2.75, 3.05) is 5.32 Å². The zero-order chi connectivity index (χ0) is 19.7. The summed E-state index contributed by atoms with van der Waals surface area (Å²) in [5.74, 6) is -2.59. The van der Waals surface area contributed by atoms with E-state index >= 15 is 0 Å². The fourth-order valence-corrected chi connectivity index (χ4v) is 2.53. The Labute approximate surface area is 156 Å². The molecule has 1 amide bonds. The van der Waals surface area contributed by atoms with Crippen molar-refractivity contribution in [3.05, 3.63) is 84.1 Å². The summed E-state index contributed by atoms with van der Waals surface area (Å²) in [6, 6.07) is 9.47. The lowest BCUT2D eigenvalue weighted by Crippen LogP contribution is -2.16. The Hall–Kier alpha value is -3.88. The summed E-state index contributed by atoms with van der Waals surface area (Å²) < 4.78 is 47.0. The van der Waals surface area contributed by atoms with E-state index in [0.29, 0.717) is 6.07 Å². The number of anilines is 1. The Morgan fingerprint density at radius 2 is 1.79 bits per heavy atom. The van der Waals surface area contributed by atoms with Crippen molar-refractivity contribution in [3.63, 3.8) is 0 Å². The van der Waals surface area contributed by atoms with Crippen LogP contribution in [0.4, 0.5) is 18.9 Å². The quantitative estimate of drug-likeness (QED) is 0.573. The van der Waals surface area contributed by atoms with E-state index in [1.165, 1.54) is 41.1 Å². The minimum Gasteiger partial charge on any atom is -0.437 e. The normalized spacial score (nSPS) is 10.8. The zero-order valence-corrected chi connectivity index (χ0v) is 14.1. The van der Waals surface area contributed by atoms with Crippen LogP contribution in [-0.2, 0) is 0 Å². The van der Waals surface area contributed by atoms with Gasteiger partial charge in [-0.1, -0.05) is 0 Å². The van der Waals surface area contributed by atoms with E-state index < -0.39 is 23.4 Å². The smallest absolute Gasteiger partial charge is 0.278 e. The first-order valence-electron chi connectivity index (χ1n) is 8.04. The number of nitrogens with one attached hydrogen (secondary N) is 1. The molecule has 1 N–H and O–H groups in total. The van der Waals surface area contributed by atoms with Crippen molar-refractivity contribution in [3.8, 4) is 11.6 Å². The fourth-order valence-electron chi connectivity index (χ4n) is 2.53. The SMILES string of the molecule is O=C(Nc1ccc(F)cc1F)c1c(Oc2ccc(F)cc2)nc2ncccn12. The van der Waals surface area contributed by atoms with Gasteiger partial charge >= 0.3 is 0 Å². The van der Waals surface area contributed by atoms with Gasteiger partial charge in [0.25, 0.3) is 11.8 Å². The van der Waals surface area contributed by atoms with Crippen LogP contribution in [0, 0.1) is 17.5 Å². The summed E-state index contributed by atoms with van der Waals surface area (Å²) in [4.78, 5) is 21.0. The number of ether oxygens (including phenoxy) is 1. The minimum atomic E-state index is -0.929. The number of halogens is 3. The molecule has 2 heterocycles. The van der Waals surface area contributed by atoms with Gasteiger partial charge in [0.15, 0.2) is 5.69 Å². The lowest BCUT2D eigenvalue weighted by Gasteiger charge is -2.08. The van der Waals surface area contributed by atoms with Gasteiger partial charge in [-0.05, 0) is 42.5 Å². The molecule has 0 aliphatic rings. The monoisotopic (exact) mass is 384 g/mol. The summed E-state index contributed by atoms with van der Waals surface area (Å²) in [5.41, 5.74) is -0.269. The molecule has 2 aromatic carbocycles. The molecule has 9 heteroatoms. The molecular weight excluding hydrogens is 373 g/mol. The molecule has 0 unspecified atom stereocenters. The predicted molar refractivity (Wildman–Crippen MR) is 93.8 cm³/mol. The second-order valence-electron chi connectivity index (χ2n) is 5.69. The molecule has 0 spiro atoms. The number of rotatable bonds is 4. The molecule has 28 heavy (non-hydrogen) atoms. The van der Waals surface area contributed by atoms with E-state index in [1.807, 2.05) is 0 Å². The molecule has 140 valence electrons. The summed E-state index contributed by atoms with van der Waals surface area (Å²) >= 11 is 0. The Bertz CT molecular complexity index is 1180. The highest BCUT2D eigenvalue weighted by molar-refractivity contribution is 6.05. The average molecular weight is 384 g/mol. The first-order chi connectivity index (χ1) is 13.5. The number of hydrogen-bond donors (Lipinski definition) is 1. The van der Waals surface area contributed by atoms with E-state index in [0.717, 1.165) is 12.1 Å². The lowest BCUT2D eigenvalue weighted by atomic mass is 10.3. The van der Waals surface area contributed by atoms with Crippen LogP contribution < -0.4 is 10.1 Å². The number of fused-ring (bicyclic) bond motifs is 1. The van der Waals surface area contributed by atoms with Crippen molar-refractivity contribution in [1.29, 1.82) is 0 Å². The number of nitrogens with zero attached hydrogens (tertiary/aromatic N) is 3. The van der Waals surface area contributed by atoms with Crippen LogP contribution in [0.2, 0.25) is 0 Å². The van der Waals surface area contributed by atoms with Gasteiger partial charge in [0.1, 0.15) is 23.2 Å². The Balaban J connectivity index is 1.73. The second-order valence-corrected chi connectivity index (χ2v) is 5.69. The Morgan fingerprint density at radius 1 is 1.04 bits per heavy atom. The molecule has 2 aromatic heterocycles. The summed E-state index contributed by atoms with van der Waals surface area (Å²) in [6.45, 7) is 0. The van der Waals surface area contributed by atoms with Gasteiger partial charge in [-0.25, -0.2) is 18.2 Å². The Kier molecular flexibility index (Phi) is 4.40. The maximum Gasteiger partial charge on any atom is 0.278 e. The number of benzene rings is 2. The van der Waals surface area contributed by atoms with E-state index in [-0.39, 0.29) is 28.8 Å². The number of aromatic nitrogens is 3. The summed E-state index contributed by atoms with van der Waals surface area (Å²) in [5, 5.41) is 2.36. The van der Waals surface area contributed by atoms with E-state index in [2.05, 4.69) is 15.3 Å². The molecule has 0 fully saturated rings. The third-order valence-electron chi connectivity index (χ3n) is 3.79. The van der Waals surface area contributed by atoms with Crippen LogP contribution in [-0.4, -0.2) is 20.3 Å². The molecular formula is C19H11F3N4O2. The third-order valence-corrected chi connectivity index (χ3v) is 3.79. The highest BCUT2D eigenvalue weighted by atomic mass is 19.1. The first kappa shape index (κ1) is 17.5. The molecule has 0 atom stereocenters. The van der Waals surface area contributed by atoms with E-state index in [9.17, 15) is 18.0 Å². The van der Waals surface area contributed by atoms with Gasteiger partial charge in [0, 0.05) is 18.5 Å². The van der Waals surface area contributed by atoms with Crippen molar-refractivity contribution < 1.29 is 22.7 Å². The van der Waals surface area contributed by atoms with Gasteiger partial charge in [0.2, 0.25) is 5.78 Å². The topological polar surface area (TPSA) is 68.5 Å². The molecule has 0 saturated carbocycles. The predicted octanol–water partition coefficient (Wildman–Crippen LogP) is 4.19. The number of amides is 1. The van der Waals surface area contributed by atoms with Crippen molar-refractivity contribution >= 4 is 17.4 Å². The maximum atomic E-state index is 13.9. The highest BCUT2D eigenvalue weighted by Gasteiger charge is 2.23. The van der Waals surface area contributed by atoms with E-state index in [4.69, 9.17) is 4.74 Å². The summed E-state index contributed by atoms with van der Waals surface area (Å²) in [7, 11) is 0. The van der Waals surface area contributed by atoms with Gasteiger partial charge in [-0.2, -0.15) is 4.98 Å². The van der Waals surface area contributed by atoms with Crippen molar-refractivity contribution in [1.82, 2.24) is 14.4 Å². The fraction of sp³-hybridized carbons (Fsp3) is 0. The number of carbonyl (C=O) groups excluding carboxylic acids is 1. The lowest BCUT2D eigenvalue weighted by molar-refractivity contribution is 0.101. The van der Waals surface area contributed by atoms with Crippen LogP contribution >= 0.6 is 0 Å². The van der Waals surface area contributed by atoms with Gasteiger partial charge in [-0.15, -0.1) is 0 Å². The second kappa shape index (κ2) is 7.03. The molecule has 4 rings (SSSR count). The van der Waals surface area contributed by atoms with Crippen LogP contribution in [0.15, 0.2) is 60.9 Å². The number of imidazole rings is 1. The van der Waals surface area contributed by atoms with Crippen LogP contribution in [0.3, 0.4) is 0 Å². The highest BCUT2D eigenvalue weighted by Crippen LogP contribution is 2.27. The van der Waals surface area contributed by atoms with Gasteiger partial charge < -0.3 is 10.1 Å². The third kappa shape index (κ3) is 3.37. The molecule has 6 nitrogen and oxygen atoms in total. The van der Waals surface area contributed by atoms with E-state index in [1.54, 1.807) is 6.07 Å². The first-order valence-corrected chi connectivity index (χ1v) is 8.04. The average Bonchev–Trinajstić information content (AvgIpc) is 3.04. The zero-order valence-electron chi connectivity index (χ0n) is 14.1. The summed E-state index contributed by atoms with van der Waals surface area (Å²) in [6.07, 6.45) is 3.01. The Morgan fingerprint density at radius 3 is 2.54 bits per heavy atom. The number of hydrogen-bond acceptors (Lipinski definition) is 4. The minimum absolute atomic E-state index is 0.0591. The van der Waals surface area contributed by atoms with Crippen molar-refractivity contribution in [2.24, 2.45) is 0 Å². The molecule has 0 bridgehead atoms.